The Labute approximate surface area is 168 Å². The summed E-state index contributed by atoms with van der Waals surface area (Å²) >= 11 is 1.37. The first-order valence-electron chi connectivity index (χ1n) is 8.83. The van der Waals surface area contributed by atoms with Crippen LogP contribution in [0, 0.1) is 0 Å². The largest absolute Gasteiger partial charge is 0.497 e. The Morgan fingerprint density at radius 1 is 1.04 bits per heavy atom. The van der Waals surface area contributed by atoms with E-state index in [4.69, 9.17) is 14.2 Å². The topological polar surface area (TPSA) is 69.7 Å². The summed E-state index contributed by atoms with van der Waals surface area (Å²) in [6, 6.07) is 14.8. The van der Waals surface area contributed by atoms with E-state index in [1.165, 1.54) is 11.3 Å². The summed E-state index contributed by atoms with van der Waals surface area (Å²) in [5.74, 6) is 1.88. The number of methoxy groups -OCH3 is 1. The van der Waals surface area contributed by atoms with Gasteiger partial charge in [-0.05, 0) is 62.4 Å². The molecule has 0 unspecified atom stereocenters. The van der Waals surface area contributed by atoms with Crippen LogP contribution < -0.4 is 19.5 Å². The first-order chi connectivity index (χ1) is 13.5. The molecule has 0 saturated carbocycles. The minimum atomic E-state index is -0.266. The standard InChI is InChI=1S/C21H22N2O4S/c1-14(2)27-18-6-4-15(5-7-18)19-13-28-21(22-19)23-20(24)12-26-17-10-8-16(25-3)9-11-17/h4-11,13-14H,12H2,1-3H3,(H,22,23,24). The molecule has 0 atom stereocenters. The molecule has 28 heavy (non-hydrogen) atoms. The number of benzene rings is 2. The summed E-state index contributed by atoms with van der Waals surface area (Å²) in [5.41, 5.74) is 1.76. The molecule has 3 aromatic rings. The van der Waals surface area contributed by atoms with E-state index in [9.17, 15) is 4.79 Å². The van der Waals surface area contributed by atoms with Gasteiger partial charge in [0.2, 0.25) is 0 Å². The van der Waals surface area contributed by atoms with Gasteiger partial charge < -0.3 is 14.2 Å². The number of aromatic nitrogens is 1. The first-order valence-corrected chi connectivity index (χ1v) is 9.71. The molecule has 0 spiro atoms. The van der Waals surface area contributed by atoms with Gasteiger partial charge in [0.25, 0.3) is 5.91 Å². The lowest BCUT2D eigenvalue weighted by molar-refractivity contribution is -0.118. The van der Waals surface area contributed by atoms with E-state index in [0.29, 0.717) is 10.9 Å². The maximum atomic E-state index is 12.1. The van der Waals surface area contributed by atoms with Crippen molar-refractivity contribution in [1.82, 2.24) is 4.98 Å². The van der Waals surface area contributed by atoms with Crippen molar-refractivity contribution in [3.63, 3.8) is 0 Å². The number of thiazole rings is 1. The summed E-state index contributed by atoms with van der Waals surface area (Å²) in [4.78, 5) is 16.6. The number of hydrogen-bond donors (Lipinski definition) is 1. The fraction of sp³-hybridized carbons (Fsp3) is 0.238. The first kappa shape index (κ1) is 19.7. The van der Waals surface area contributed by atoms with Crippen LogP contribution in [0.1, 0.15) is 13.8 Å². The predicted molar refractivity (Wildman–Crippen MR) is 110 cm³/mol. The van der Waals surface area contributed by atoms with Gasteiger partial charge in [0, 0.05) is 10.9 Å². The normalized spacial score (nSPS) is 10.6. The van der Waals surface area contributed by atoms with Gasteiger partial charge in [0.1, 0.15) is 17.2 Å². The molecule has 7 heteroatoms. The lowest BCUT2D eigenvalue weighted by Crippen LogP contribution is -2.20. The van der Waals surface area contributed by atoms with Crippen LogP contribution in [0.2, 0.25) is 0 Å². The second-order valence-electron chi connectivity index (χ2n) is 6.24. The van der Waals surface area contributed by atoms with Gasteiger partial charge in [0.05, 0.1) is 18.9 Å². The number of ether oxygens (including phenoxy) is 3. The Morgan fingerprint density at radius 2 is 1.68 bits per heavy atom. The zero-order valence-corrected chi connectivity index (χ0v) is 16.8. The Hall–Kier alpha value is -3.06. The summed E-state index contributed by atoms with van der Waals surface area (Å²) < 4.78 is 16.2. The van der Waals surface area contributed by atoms with Crippen molar-refractivity contribution in [2.45, 2.75) is 20.0 Å². The molecule has 6 nitrogen and oxygen atoms in total. The summed E-state index contributed by atoms with van der Waals surface area (Å²) in [5, 5.41) is 5.19. The van der Waals surface area contributed by atoms with Crippen LogP contribution in [0.15, 0.2) is 53.9 Å². The molecular formula is C21H22N2O4S. The maximum Gasteiger partial charge on any atom is 0.264 e. The second-order valence-corrected chi connectivity index (χ2v) is 7.10. The Bertz CT molecular complexity index is 905. The molecule has 1 amide bonds. The molecule has 0 saturated heterocycles. The van der Waals surface area contributed by atoms with Crippen molar-refractivity contribution in [1.29, 1.82) is 0 Å². The predicted octanol–water partition coefficient (Wildman–Crippen LogP) is 4.62. The molecule has 0 aliphatic heterocycles. The molecule has 3 rings (SSSR count). The third kappa shape index (κ3) is 5.47. The van der Waals surface area contributed by atoms with Crippen LogP contribution >= 0.6 is 11.3 Å². The SMILES string of the molecule is COc1ccc(OCC(=O)Nc2nc(-c3ccc(OC(C)C)cc3)cs2)cc1. The molecule has 1 heterocycles. The van der Waals surface area contributed by atoms with Gasteiger partial charge in [-0.3, -0.25) is 10.1 Å². The molecule has 146 valence electrons. The molecule has 0 fully saturated rings. The van der Waals surface area contributed by atoms with Gasteiger partial charge in [0.15, 0.2) is 11.7 Å². The number of hydrogen-bond acceptors (Lipinski definition) is 6. The van der Waals surface area contributed by atoms with Crippen molar-refractivity contribution in [2.24, 2.45) is 0 Å². The number of amides is 1. The number of carbonyl (C=O) groups excluding carboxylic acids is 1. The van der Waals surface area contributed by atoms with Crippen LogP contribution in [0.5, 0.6) is 17.2 Å². The average Bonchev–Trinajstić information content (AvgIpc) is 3.15. The summed E-state index contributed by atoms with van der Waals surface area (Å²) in [6.07, 6.45) is 0.132. The molecular weight excluding hydrogens is 376 g/mol. The molecule has 0 bridgehead atoms. The van der Waals surface area contributed by atoms with Crippen molar-refractivity contribution in [3.8, 4) is 28.5 Å². The zero-order chi connectivity index (χ0) is 19.9. The van der Waals surface area contributed by atoms with Gasteiger partial charge >= 0.3 is 0 Å². The van der Waals surface area contributed by atoms with E-state index in [0.717, 1.165) is 22.8 Å². The monoisotopic (exact) mass is 398 g/mol. The number of rotatable bonds is 8. The van der Waals surface area contributed by atoms with Crippen LogP contribution in [0.4, 0.5) is 5.13 Å². The number of nitrogens with zero attached hydrogens (tertiary/aromatic N) is 1. The van der Waals surface area contributed by atoms with E-state index in [1.54, 1.807) is 31.4 Å². The fourth-order valence-corrected chi connectivity index (χ4v) is 3.15. The van der Waals surface area contributed by atoms with Crippen LogP contribution in [-0.4, -0.2) is 30.7 Å². The fourth-order valence-electron chi connectivity index (χ4n) is 2.42. The molecule has 2 aromatic carbocycles. The lowest BCUT2D eigenvalue weighted by Gasteiger charge is -2.09. The van der Waals surface area contributed by atoms with E-state index in [1.807, 2.05) is 43.5 Å². The smallest absolute Gasteiger partial charge is 0.264 e. The highest BCUT2D eigenvalue weighted by atomic mass is 32.1. The van der Waals surface area contributed by atoms with Crippen LogP contribution in [0.3, 0.4) is 0 Å². The quantitative estimate of drug-likeness (QED) is 0.599. The minimum absolute atomic E-state index is 0.0948. The van der Waals surface area contributed by atoms with Gasteiger partial charge in [-0.1, -0.05) is 0 Å². The van der Waals surface area contributed by atoms with Crippen molar-refractivity contribution in [3.05, 3.63) is 53.9 Å². The lowest BCUT2D eigenvalue weighted by atomic mass is 10.2. The third-order valence-corrected chi connectivity index (χ3v) is 4.46. The van der Waals surface area contributed by atoms with E-state index in [2.05, 4.69) is 10.3 Å². The second kappa shape index (κ2) is 9.23. The van der Waals surface area contributed by atoms with Gasteiger partial charge in [-0.15, -0.1) is 11.3 Å². The highest BCUT2D eigenvalue weighted by molar-refractivity contribution is 7.14. The highest BCUT2D eigenvalue weighted by Crippen LogP contribution is 2.27. The van der Waals surface area contributed by atoms with Crippen molar-refractivity contribution in [2.75, 3.05) is 19.0 Å². The summed E-state index contributed by atoms with van der Waals surface area (Å²) in [7, 11) is 1.60. The molecule has 1 aromatic heterocycles. The molecule has 0 aliphatic carbocycles. The number of carbonyl (C=O) groups is 1. The highest BCUT2D eigenvalue weighted by Gasteiger charge is 2.09. The Balaban J connectivity index is 1.54. The van der Waals surface area contributed by atoms with E-state index in [-0.39, 0.29) is 18.6 Å². The molecule has 1 N–H and O–H groups in total. The van der Waals surface area contributed by atoms with E-state index >= 15 is 0 Å². The van der Waals surface area contributed by atoms with Crippen LogP contribution in [-0.2, 0) is 4.79 Å². The Kier molecular flexibility index (Phi) is 6.49. The Morgan fingerprint density at radius 3 is 2.32 bits per heavy atom. The van der Waals surface area contributed by atoms with Gasteiger partial charge in [-0.2, -0.15) is 0 Å². The maximum absolute atomic E-state index is 12.1. The molecule has 0 aliphatic rings. The summed E-state index contributed by atoms with van der Waals surface area (Å²) in [6.45, 7) is 3.88. The van der Waals surface area contributed by atoms with Gasteiger partial charge in [-0.25, -0.2) is 4.98 Å². The van der Waals surface area contributed by atoms with Crippen molar-refractivity contribution >= 4 is 22.4 Å². The number of nitrogens with one attached hydrogen (secondary N) is 1. The number of anilines is 1. The molecule has 0 radical (unpaired) electrons. The zero-order valence-electron chi connectivity index (χ0n) is 16.0. The third-order valence-electron chi connectivity index (χ3n) is 3.70. The van der Waals surface area contributed by atoms with Crippen molar-refractivity contribution < 1.29 is 19.0 Å². The minimum Gasteiger partial charge on any atom is -0.497 e. The van der Waals surface area contributed by atoms with Crippen LogP contribution in [0.25, 0.3) is 11.3 Å². The average molecular weight is 398 g/mol. The van der Waals surface area contributed by atoms with E-state index < -0.39 is 0 Å².